The van der Waals surface area contributed by atoms with E-state index >= 15 is 0 Å². The van der Waals surface area contributed by atoms with Crippen LogP contribution in [0.25, 0.3) is 122 Å². The lowest BCUT2D eigenvalue weighted by atomic mass is 9.97. The van der Waals surface area contributed by atoms with Gasteiger partial charge in [-0.15, -0.1) is 0 Å². The van der Waals surface area contributed by atoms with Gasteiger partial charge >= 0.3 is 0 Å². The van der Waals surface area contributed by atoms with Crippen LogP contribution in [0.2, 0.25) is 0 Å². The predicted octanol–water partition coefficient (Wildman–Crippen LogP) is 14.0. The fourth-order valence-electron chi connectivity index (χ4n) is 9.30. The van der Waals surface area contributed by atoms with Gasteiger partial charge in [-0.3, -0.25) is 9.55 Å². The summed E-state index contributed by atoms with van der Waals surface area (Å²) in [7, 11) is 0. The van der Waals surface area contributed by atoms with Gasteiger partial charge in [-0.2, -0.15) is 9.97 Å². The van der Waals surface area contributed by atoms with E-state index in [0.717, 1.165) is 94.0 Å². The fourth-order valence-corrected chi connectivity index (χ4v) is 9.30. The molecular formula is C56H34N6O. The molecule has 0 fully saturated rings. The number of fused-ring (bicyclic) bond motifs is 9. The number of pyridine rings is 1. The van der Waals surface area contributed by atoms with Crippen LogP contribution in [0.3, 0.4) is 0 Å². The zero-order valence-electron chi connectivity index (χ0n) is 33.7. The normalized spacial score (nSPS) is 11.8. The minimum Gasteiger partial charge on any atom is -0.454 e. The summed E-state index contributed by atoms with van der Waals surface area (Å²) in [4.78, 5) is 19.9. The van der Waals surface area contributed by atoms with Gasteiger partial charge in [0.25, 0.3) is 0 Å². The molecule has 0 aliphatic heterocycles. The van der Waals surface area contributed by atoms with Crippen molar-refractivity contribution in [1.82, 2.24) is 29.1 Å². The van der Waals surface area contributed by atoms with Crippen LogP contribution in [-0.2, 0) is 0 Å². The third kappa shape index (κ3) is 5.67. The molecule has 0 spiro atoms. The van der Waals surface area contributed by atoms with Gasteiger partial charge in [-0.1, -0.05) is 133 Å². The van der Waals surface area contributed by atoms with Crippen molar-refractivity contribution in [2.45, 2.75) is 0 Å². The Morgan fingerprint density at radius 1 is 0.333 bits per heavy atom. The first-order valence-corrected chi connectivity index (χ1v) is 21.0. The van der Waals surface area contributed by atoms with Crippen LogP contribution in [0.4, 0.5) is 0 Å². The summed E-state index contributed by atoms with van der Waals surface area (Å²) in [5.74, 6) is 1.82. The SMILES string of the molecule is c1ccc(-c2nc(-c3ccccc3)nc(-n3c4ccccc4c4ccc(-c5cccc(-c6ccc7c(c6)c6ccccc6n7-c6ccc7oc8cccnc8c7c6)c5)cc43)n2)cc1. The highest BCUT2D eigenvalue weighted by Crippen LogP contribution is 2.39. The number of rotatable bonds is 6. The number of hydrogen-bond donors (Lipinski definition) is 0. The van der Waals surface area contributed by atoms with Crippen molar-refractivity contribution in [2.24, 2.45) is 0 Å². The van der Waals surface area contributed by atoms with Crippen molar-refractivity contribution in [3.63, 3.8) is 0 Å². The van der Waals surface area contributed by atoms with E-state index in [9.17, 15) is 0 Å². The van der Waals surface area contributed by atoms with E-state index in [1.807, 2.05) is 79.0 Å². The van der Waals surface area contributed by atoms with E-state index in [1.165, 1.54) is 10.8 Å². The molecule has 0 atom stereocenters. The molecule has 0 N–H and O–H groups in total. The molecule has 7 heteroatoms. The molecule has 0 radical (unpaired) electrons. The summed E-state index contributed by atoms with van der Waals surface area (Å²) >= 11 is 0. The highest BCUT2D eigenvalue weighted by molar-refractivity contribution is 6.12. The maximum atomic E-state index is 6.13. The Morgan fingerprint density at radius 3 is 1.67 bits per heavy atom. The molecule has 5 aromatic heterocycles. The standard InChI is InChI=1S/C56H34N6O/c1-3-13-35(14-4-1)54-58-55(36-15-5-2-6-16-36)60-56(59-54)62-48-22-10-7-19-42(48)44-27-24-40(33-50(44)62)38-18-11-17-37(31-38)39-25-28-49-45(32-39)43-20-8-9-21-47(43)61(49)41-26-29-51-46(34-41)53-52(63-51)23-12-30-57-53/h1-34H. The Labute approximate surface area is 360 Å². The summed E-state index contributed by atoms with van der Waals surface area (Å²) < 4.78 is 10.7. The Hall–Kier alpha value is -8.68. The highest BCUT2D eigenvalue weighted by Gasteiger charge is 2.20. The van der Waals surface area contributed by atoms with Gasteiger partial charge in [0.2, 0.25) is 5.95 Å². The Kier molecular flexibility index (Phi) is 7.77. The first-order chi connectivity index (χ1) is 31.2. The number of nitrogens with zero attached hydrogens (tertiary/aromatic N) is 6. The quantitative estimate of drug-likeness (QED) is 0.167. The third-order valence-electron chi connectivity index (χ3n) is 12.2. The van der Waals surface area contributed by atoms with Gasteiger partial charge in [0.15, 0.2) is 17.2 Å². The minimum absolute atomic E-state index is 0.571. The molecule has 0 amide bonds. The molecule has 8 aromatic carbocycles. The fraction of sp³-hybridized carbons (Fsp3) is 0. The molecule has 5 heterocycles. The average Bonchev–Trinajstić information content (AvgIpc) is 4.01. The number of furan rings is 1. The zero-order valence-corrected chi connectivity index (χ0v) is 33.7. The van der Waals surface area contributed by atoms with Gasteiger partial charge in [0.1, 0.15) is 11.1 Å². The summed E-state index contributed by atoms with van der Waals surface area (Å²) in [6, 6.07) is 70.0. The second-order valence-electron chi connectivity index (χ2n) is 15.9. The van der Waals surface area contributed by atoms with Crippen molar-refractivity contribution < 1.29 is 4.42 Å². The van der Waals surface area contributed by atoms with Crippen LogP contribution < -0.4 is 0 Å². The molecule has 0 unspecified atom stereocenters. The first kappa shape index (κ1) is 35.1. The van der Waals surface area contributed by atoms with E-state index in [1.54, 1.807) is 0 Å². The molecule has 0 aliphatic rings. The van der Waals surface area contributed by atoms with E-state index in [0.29, 0.717) is 17.6 Å². The largest absolute Gasteiger partial charge is 0.454 e. The lowest BCUT2D eigenvalue weighted by Gasteiger charge is -2.12. The monoisotopic (exact) mass is 806 g/mol. The molecule has 7 nitrogen and oxygen atoms in total. The van der Waals surface area contributed by atoms with E-state index in [2.05, 4.69) is 142 Å². The van der Waals surface area contributed by atoms with Gasteiger partial charge in [-0.25, -0.2) is 4.98 Å². The second kappa shape index (κ2) is 13.9. The smallest absolute Gasteiger partial charge is 0.238 e. The Balaban J connectivity index is 0.942. The maximum Gasteiger partial charge on any atom is 0.238 e. The topological polar surface area (TPSA) is 74.6 Å². The van der Waals surface area contributed by atoms with Crippen LogP contribution in [0.1, 0.15) is 0 Å². The van der Waals surface area contributed by atoms with Crippen LogP contribution in [0.5, 0.6) is 0 Å². The second-order valence-corrected chi connectivity index (χ2v) is 15.9. The summed E-state index contributed by atoms with van der Waals surface area (Å²) in [5.41, 5.74) is 14.3. The molecule has 0 saturated heterocycles. The van der Waals surface area contributed by atoms with E-state index in [4.69, 9.17) is 19.4 Å². The molecule has 0 aliphatic carbocycles. The minimum atomic E-state index is 0.571. The zero-order chi connectivity index (χ0) is 41.4. The van der Waals surface area contributed by atoms with E-state index in [-0.39, 0.29) is 0 Å². The molecule has 63 heavy (non-hydrogen) atoms. The van der Waals surface area contributed by atoms with Gasteiger partial charge in [0, 0.05) is 49.9 Å². The molecule has 13 aromatic rings. The summed E-state index contributed by atoms with van der Waals surface area (Å²) in [6.45, 7) is 0. The molecule has 0 bridgehead atoms. The molecule has 13 rings (SSSR count). The van der Waals surface area contributed by atoms with Crippen LogP contribution in [0, 0.1) is 0 Å². The number of hydrogen-bond acceptors (Lipinski definition) is 5. The van der Waals surface area contributed by atoms with Crippen molar-refractivity contribution >= 4 is 65.7 Å². The number of benzene rings is 8. The predicted molar refractivity (Wildman–Crippen MR) is 255 cm³/mol. The number of para-hydroxylation sites is 2. The molecule has 0 saturated carbocycles. The Morgan fingerprint density at radius 2 is 0.921 bits per heavy atom. The van der Waals surface area contributed by atoms with Gasteiger partial charge in [-0.05, 0) is 89.0 Å². The third-order valence-corrected chi connectivity index (χ3v) is 12.2. The lowest BCUT2D eigenvalue weighted by Crippen LogP contribution is -2.06. The van der Waals surface area contributed by atoms with E-state index < -0.39 is 0 Å². The lowest BCUT2D eigenvalue weighted by molar-refractivity contribution is 0.668. The Bertz CT molecular complexity index is 3860. The maximum absolute atomic E-state index is 6.13. The molecular weight excluding hydrogens is 773 g/mol. The highest BCUT2D eigenvalue weighted by atomic mass is 16.3. The van der Waals surface area contributed by atoms with Crippen molar-refractivity contribution in [1.29, 1.82) is 0 Å². The summed E-state index contributed by atoms with van der Waals surface area (Å²) in [6.07, 6.45) is 1.82. The van der Waals surface area contributed by atoms with Crippen molar-refractivity contribution in [3.05, 3.63) is 206 Å². The molecule has 294 valence electrons. The van der Waals surface area contributed by atoms with Crippen LogP contribution >= 0.6 is 0 Å². The van der Waals surface area contributed by atoms with Gasteiger partial charge < -0.3 is 8.98 Å². The first-order valence-electron chi connectivity index (χ1n) is 21.0. The van der Waals surface area contributed by atoms with Crippen LogP contribution in [0.15, 0.2) is 211 Å². The van der Waals surface area contributed by atoms with Gasteiger partial charge in [0.05, 0.1) is 22.1 Å². The van der Waals surface area contributed by atoms with Crippen molar-refractivity contribution in [2.75, 3.05) is 0 Å². The van der Waals surface area contributed by atoms with Crippen LogP contribution in [-0.4, -0.2) is 29.1 Å². The summed E-state index contributed by atoms with van der Waals surface area (Å²) in [5, 5.41) is 5.66. The average molecular weight is 807 g/mol. The number of aromatic nitrogens is 6. The van der Waals surface area contributed by atoms with Crippen molar-refractivity contribution in [3.8, 4) is 56.7 Å².